The monoisotopic (exact) mass is 281 g/mol. The molecule has 0 atom stereocenters. The molecule has 1 aromatic heterocycles. The molecule has 0 saturated carbocycles. The van der Waals surface area contributed by atoms with Crippen molar-refractivity contribution < 1.29 is 9.53 Å². The lowest BCUT2D eigenvalue weighted by Crippen LogP contribution is -2.10. The summed E-state index contributed by atoms with van der Waals surface area (Å²) in [6.07, 6.45) is 0. The standard InChI is InChI=1S/C16H15N3O2/c1-3-21-16(20)14-9-12(10-17)15(18-11(14)2)19-13-7-5-4-6-8-13/h4-9H,3H2,1-2H3,(H,18,19). The molecular formula is C16H15N3O2. The van der Waals surface area contributed by atoms with Crippen LogP contribution in [0.4, 0.5) is 11.5 Å². The van der Waals surface area contributed by atoms with Gasteiger partial charge in [-0.1, -0.05) is 18.2 Å². The van der Waals surface area contributed by atoms with E-state index in [2.05, 4.69) is 10.3 Å². The average Bonchev–Trinajstić information content (AvgIpc) is 2.48. The minimum absolute atomic E-state index is 0.282. The van der Waals surface area contributed by atoms with Crippen molar-refractivity contribution in [3.05, 3.63) is 53.2 Å². The Balaban J connectivity index is 2.38. The van der Waals surface area contributed by atoms with Crippen LogP contribution in [0.5, 0.6) is 0 Å². The van der Waals surface area contributed by atoms with Gasteiger partial charge in [-0.25, -0.2) is 9.78 Å². The van der Waals surface area contributed by atoms with E-state index in [4.69, 9.17) is 4.74 Å². The molecule has 0 spiro atoms. The number of carbonyl (C=O) groups is 1. The Bertz CT molecular complexity index is 691. The first kappa shape index (κ1) is 14.5. The van der Waals surface area contributed by atoms with Crippen LogP contribution in [0, 0.1) is 18.3 Å². The number of pyridine rings is 1. The van der Waals surface area contributed by atoms with Gasteiger partial charge in [0.05, 0.1) is 23.4 Å². The van der Waals surface area contributed by atoms with E-state index in [9.17, 15) is 10.1 Å². The smallest absolute Gasteiger partial charge is 0.340 e. The minimum atomic E-state index is -0.467. The van der Waals surface area contributed by atoms with Gasteiger partial charge in [0.25, 0.3) is 0 Å². The maximum atomic E-state index is 11.8. The highest BCUT2D eigenvalue weighted by molar-refractivity contribution is 5.91. The summed E-state index contributed by atoms with van der Waals surface area (Å²) in [7, 11) is 0. The van der Waals surface area contributed by atoms with Crippen LogP contribution in [0.2, 0.25) is 0 Å². The molecule has 1 heterocycles. The normalized spacial score (nSPS) is 9.76. The lowest BCUT2D eigenvalue weighted by Gasteiger charge is -2.11. The molecule has 0 aliphatic carbocycles. The number of nitrogens with one attached hydrogen (secondary N) is 1. The molecular weight excluding hydrogens is 266 g/mol. The van der Waals surface area contributed by atoms with E-state index in [0.29, 0.717) is 22.6 Å². The Morgan fingerprint density at radius 2 is 2.10 bits per heavy atom. The zero-order valence-electron chi connectivity index (χ0n) is 11.9. The second-order valence-electron chi connectivity index (χ2n) is 4.34. The molecule has 0 aliphatic rings. The zero-order chi connectivity index (χ0) is 15.2. The van der Waals surface area contributed by atoms with E-state index in [-0.39, 0.29) is 6.61 Å². The van der Waals surface area contributed by atoms with Crippen LogP contribution < -0.4 is 5.32 Å². The molecule has 1 aromatic carbocycles. The Morgan fingerprint density at radius 3 is 2.71 bits per heavy atom. The highest BCUT2D eigenvalue weighted by atomic mass is 16.5. The molecule has 0 saturated heterocycles. The number of benzene rings is 1. The van der Waals surface area contributed by atoms with E-state index < -0.39 is 5.97 Å². The van der Waals surface area contributed by atoms with E-state index in [0.717, 1.165) is 5.69 Å². The molecule has 0 amide bonds. The molecule has 0 radical (unpaired) electrons. The Hall–Kier alpha value is -2.87. The molecule has 2 aromatic rings. The summed E-state index contributed by atoms with van der Waals surface area (Å²) >= 11 is 0. The first-order chi connectivity index (χ1) is 10.2. The van der Waals surface area contributed by atoms with Crippen molar-refractivity contribution in [2.45, 2.75) is 13.8 Å². The maximum absolute atomic E-state index is 11.8. The first-order valence-corrected chi connectivity index (χ1v) is 6.56. The highest BCUT2D eigenvalue weighted by Crippen LogP contribution is 2.21. The number of esters is 1. The number of hydrogen-bond acceptors (Lipinski definition) is 5. The van der Waals surface area contributed by atoms with Crippen molar-refractivity contribution in [2.24, 2.45) is 0 Å². The van der Waals surface area contributed by atoms with Crippen molar-refractivity contribution in [1.29, 1.82) is 5.26 Å². The Labute approximate surface area is 123 Å². The van der Waals surface area contributed by atoms with Gasteiger partial charge in [-0.05, 0) is 32.0 Å². The lowest BCUT2D eigenvalue weighted by atomic mass is 10.1. The number of anilines is 2. The fraction of sp³-hybridized carbons (Fsp3) is 0.188. The average molecular weight is 281 g/mol. The summed E-state index contributed by atoms with van der Waals surface area (Å²) in [5, 5.41) is 12.3. The number of aromatic nitrogens is 1. The third-order valence-corrected chi connectivity index (χ3v) is 2.87. The Kier molecular flexibility index (Phi) is 4.52. The SMILES string of the molecule is CCOC(=O)c1cc(C#N)c(Nc2ccccc2)nc1C. The first-order valence-electron chi connectivity index (χ1n) is 6.56. The van der Waals surface area contributed by atoms with Crippen LogP contribution in [-0.2, 0) is 4.74 Å². The molecule has 0 unspecified atom stereocenters. The van der Waals surface area contributed by atoms with E-state index >= 15 is 0 Å². The summed E-state index contributed by atoms with van der Waals surface area (Å²) in [6.45, 7) is 3.73. The third-order valence-electron chi connectivity index (χ3n) is 2.87. The summed E-state index contributed by atoms with van der Waals surface area (Å²) in [6, 6.07) is 13.0. The highest BCUT2D eigenvalue weighted by Gasteiger charge is 2.16. The molecule has 0 fully saturated rings. The van der Waals surface area contributed by atoms with Gasteiger partial charge in [-0.2, -0.15) is 5.26 Å². The molecule has 0 bridgehead atoms. The molecule has 5 nitrogen and oxygen atoms in total. The molecule has 5 heteroatoms. The van der Waals surface area contributed by atoms with Gasteiger partial charge in [0, 0.05) is 5.69 Å². The molecule has 21 heavy (non-hydrogen) atoms. The summed E-state index contributed by atoms with van der Waals surface area (Å²) in [5.41, 5.74) is 1.95. The number of hydrogen-bond donors (Lipinski definition) is 1. The van der Waals surface area contributed by atoms with Crippen molar-refractivity contribution in [3.8, 4) is 6.07 Å². The predicted molar refractivity (Wildman–Crippen MR) is 79.4 cm³/mol. The topological polar surface area (TPSA) is 75.0 Å². The lowest BCUT2D eigenvalue weighted by molar-refractivity contribution is 0.0525. The van der Waals surface area contributed by atoms with Gasteiger partial charge in [0.2, 0.25) is 0 Å². The predicted octanol–water partition coefficient (Wildman–Crippen LogP) is 3.18. The second kappa shape index (κ2) is 6.53. The third kappa shape index (κ3) is 3.37. The Morgan fingerprint density at radius 1 is 1.38 bits per heavy atom. The van der Waals surface area contributed by atoms with E-state index in [1.54, 1.807) is 13.8 Å². The fourth-order valence-electron chi connectivity index (χ4n) is 1.86. The molecule has 1 N–H and O–H groups in total. The largest absolute Gasteiger partial charge is 0.462 e. The van der Waals surface area contributed by atoms with Gasteiger partial charge >= 0.3 is 5.97 Å². The van der Waals surface area contributed by atoms with Crippen molar-refractivity contribution >= 4 is 17.5 Å². The molecule has 0 aliphatic heterocycles. The maximum Gasteiger partial charge on any atom is 0.340 e. The van der Waals surface area contributed by atoms with Gasteiger partial charge < -0.3 is 10.1 Å². The van der Waals surface area contributed by atoms with E-state index in [1.807, 2.05) is 36.4 Å². The number of nitriles is 1. The van der Waals surface area contributed by atoms with Crippen molar-refractivity contribution in [1.82, 2.24) is 4.98 Å². The summed E-state index contributed by atoms with van der Waals surface area (Å²) in [5.74, 6) is -0.0421. The fourth-order valence-corrected chi connectivity index (χ4v) is 1.86. The van der Waals surface area contributed by atoms with Gasteiger partial charge in [0.1, 0.15) is 11.9 Å². The second-order valence-corrected chi connectivity index (χ2v) is 4.34. The van der Waals surface area contributed by atoms with Crippen LogP contribution in [0.3, 0.4) is 0 Å². The number of carbonyl (C=O) groups excluding carboxylic acids is 1. The van der Waals surface area contributed by atoms with Crippen LogP contribution >= 0.6 is 0 Å². The number of para-hydroxylation sites is 1. The van der Waals surface area contributed by atoms with Gasteiger partial charge in [-0.15, -0.1) is 0 Å². The van der Waals surface area contributed by atoms with Crippen LogP contribution in [0.1, 0.15) is 28.5 Å². The van der Waals surface area contributed by atoms with Gasteiger partial charge in [-0.3, -0.25) is 0 Å². The quantitative estimate of drug-likeness (QED) is 0.871. The summed E-state index contributed by atoms with van der Waals surface area (Å²) in [4.78, 5) is 16.1. The summed E-state index contributed by atoms with van der Waals surface area (Å²) < 4.78 is 4.96. The van der Waals surface area contributed by atoms with Crippen LogP contribution in [0.15, 0.2) is 36.4 Å². The molecule has 2 rings (SSSR count). The number of ether oxygens (including phenoxy) is 1. The van der Waals surface area contributed by atoms with Crippen LogP contribution in [-0.4, -0.2) is 17.6 Å². The number of aryl methyl sites for hydroxylation is 1. The van der Waals surface area contributed by atoms with Crippen molar-refractivity contribution in [3.63, 3.8) is 0 Å². The van der Waals surface area contributed by atoms with E-state index in [1.165, 1.54) is 6.07 Å². The number of rotatable bonds is 4. The van der Waals surface area contributed by atoms with Crippen LogP contribution in [0.25, 0.3) is 0 Å². The molecule has 106 valence electrons. The van der Waals surface area contributed by atoms with Crippen molar-refractivity contribution in [2.75, 3.05) is 11.9 Å². The number of nitrogens with zero attached hydrogens (tertiary/aromatic N) is 2. The minimum Gasteiger partial charge on any atom is -0.462 e. The van der Waals surface area contributed by atoms with Gasteiger partial charge in [0.15, 0.2) is 0 Å². The zero-order valence-corrected chi connectivity index (χ0v) is 11.9.